The molecule has 1 atom stereocenters. The van der Waals surface area contributed by atoms with E-state index in [1.54, 1.807) is 28.6 Å². The van der Waals surface area contributed by atoms with Gasteiger partial charge in [0.25, 0.3) is 0 Å². The van der Waals surface area contributed by atoms with E-state index in [4.69, 9.17) is 4.74 Å². The van der Waals surface area contributed by atoms with E-state index in [1.165, 1.54) is 4.88 Å². The fraction of sp³-hybridized carbons (Fsp3) is 0.471. The molecule has 0 aromatic carbocycles. The van der Waals surface area contributed by atoms with Gasteiger partial charge in [-0.15, -0.1) is 11.3 Å². The van der Waals surface area contributed by atoms with Gasteiger partial charge in [0.2, 0.25) is 0 Å². The summed E-state index contributed by atoms with van der Waals surface area (Å²) in [4.78, 5) is 23.7. The van der Waals surface area contributed by atoms with Gasteiger partial charge in [0.1, 0.15) is 11.9 Å². The Bertz CT molecular complexity index is 662. The lowest BCUT2D eigenvalue weighted by atomic mass is 10.3. The van der Waals surface area contributed by atoms with Crippen LogP contribution < -0.4 is 10.1 Å². The highest BCUT2D eigenvalue weighted by Crippen LogP contribution is 2.17. The van der Waals surface area contributed by atoms with Gasteiger partial charge in [0, 0.05) is 43.2 Å². The highest BCUT2D eigenvalue weighted by molar-refractivity contribution is 7.11. The van der Waals surface area contributed by atoms with Crippen molar-refractivity contribution in [2.45, 2.75) is 32.3 Å². The number of aryl methyl sites for hydroxylation is 1. The van der Waals surface area contributed by atoms with E-state index >= 15 is 0 Å². The predicted octanol–water partition coefficient (Wildman–Crippen LogP) is 2.51. The van der Waals surface area contributed by atoms with E-state index in [0.29, 0.717) is 19.6 Å². The van der Waals surface area contributed by atoms with Crippen LogP contribution in [0.25, 0.3) is 0 Å². The number of hydrogen-bond donors (Lipinski definition) is 1. The van der Waals surface area contributed by atoms with Crippen molar-refractivity contribution in [3.05, 3.63) is 40.6 Å². The first-order valence-corrected chi connectivity index (χ1v) is 9.09. The Hall–Kier alpha value is -2.15. The molecule has 7 heteroatoms. The van der Waals surface area contributed by atoms with Crippen LogP contribution in [0.15, 0.2) is 30.7 Å². The van der Waals surface area contributed by atoms with Crippen molar-refractivity contribution < 1.29 is 9.53 Å². The molecule has 0 unspecified atom stereocenters. The minimum Gasteiger partial charge on any atom is -0.487 e. The van der Waals surface area contributed by atoms with Crippen molar-refractivity contribution in [1.82, 2.24) is 20.2 Å². The Balaban J connectivity index is 1.39. The second-order valence-electron chi connectivity index (χ2n) is 5.72. The summed E-state index contributed by atoms with van der Waals surface area (Å²) in [5.74, 6) is 0.750. The molecular formula is C17H22N4O2S. The SMILES string of the molecule is CCc1cnc(CCNC(=O)N2CC[C@H](Oc3cccnc3)C2)s1. The zero-order chi connectivity index (χ0) is 16.8. The van der Waals surface area contributed by atoms with Crippen LogP contribution in [0.4, 0.5) is 4.79 Å². The first-order chi connectivity index (χ1) is 11.7. The van der Waals surface area contributed by atoms with Gasteiger partial charge >= 0.3 is 6.03 Å². The number of nitrogens with one attached hydrogen (secondary N) is 1. The molecule has 0 bridgehead atoms. The number of urea groups is 1. The third-order valence-electron chi connectivity index (χ3n) is 3.93. The Labute approximate surface area is 145 Å². The van der Waals surface area contributed by atoms with Crippen LogP contribution >= 0.6 is 11.3 Å². The van der Waals surface area contributed by atoms with Crippen LogP contribution in [0.1, 0.15) is 23.2 Å². The average molecular weight is 346 g/mol. The van der Waals surface area contributed by atoms with Crippen LogP contribution in [0.2, 0.25) is 0 Å². The van der Waals surface area contributed by atoms with Gasteiger partial charge in [-0.2, -0.15) is 0 Å². The van der Waals surface area contributed by atoms with Gasteiger partial charge in [0.15, 0.2) is 0 Å². The van der Waals surface area contributed by atoms with Crippen LogP contribution in [-0.4, -0.2) is 46.6 Å². The zero-order valence-electron chi connectivity index (χ0n) is 13.8. The zero-order valence-corrected chi connectivity index (χ0v) is 14.6. The fourth-order valence-electron chi connectivity index (χ4n) is 2.63. The van der Waals surface area contributed by atoms with Gasteiger partial charge in [-0.1, -0.05) is 6.92 Å². The lowest BCUT2D eigenvalue weighted by Crippen LogP contribution is -2.40. The molecule has 2 aromatic heterocycles. The Kier molecular flexibility index (Phi) is 5.63. The standard InChI is InChI=1S/C17H22N4O2S/c1-2-15-11-20-16(24-15)5-8-19-17(22)21-9-6-14(12-21)23-13-4-3-7-18-10-13/h3-4,7,10-11,14H,2,5-6,8-9,12H2,1H3,(H,19,22)/t14-/m0/s1. The highest BCUT2D eigenvalue weighted by Gasteiger charge is 2.27. The molecule has 1 saturated heterocycles. The van der Waals surface area contributed by atoms with E-state index in [0.717, 1.165) is 30.0 Å². The summed E-state index contributed by atoms with van der Waals surface area (Å²) in [7, 11) is 0. The van der Waals surface area contributed by atoms with Crippen molar-refractivity contribution in [3.63, 3.8) is 0 Å². The molecule has 3 heterocycles. The normalized spacial score (nSPS) is 17.0. The number of hydrogen-bond acceptors (Lipinski definition) is 5. The smallest absolute Gasteiger partial charge is 0.317 e. The van der Waals surface area contributed by atoms with Crippen LogP contribution in [-0.2, 0) is 12.8 Å². The van der Waals surface area contributed by atoms with Gasteiger partial charge in [-0.25, -0.2) is 9.78 Å². The van der Waals surface area contributed by atoms with E-state index in [2.05, 4.69) is 22.2 Å². The molecule has 1 fully saturated rings. The monoisotopic (exact) mass is 346 g/mol. The number of ether oxygens (including phenoxy) is 1. The lowest BCUT2D eigenvalue weighted by molar-refractivity contribution is 0.187. The molecular weight excluding hydrogens is 324 g/mol. The third-order valence-corrected chi connectivity index (χ3v) is 5.14. The maximum atomic E-state index is 12.2. The molecule has 6 nitrogen and oxygen atoms in total. The van der Waals surface area contributed by atoms with Gasteiger partial charge < -0.3 is 15.0 Å². The summed E-state index contributed by atoms with van der Waals surface area (Å²) in [6, 6.07) is 3.70. The molecule has 24 heavy (non-hydrogen) atoms. The Morgan fingerprint density at radius 2 is 2.42 bits per heavy atom. The van der Waals surface area contributed by atoms with E-state index < -0.39 is 0 Å². The summed E-state index contributed by atoms with van der Waals surface area (Å²) >= 11 is 1.72. The topological polar surface area (TPSA) is 67.4 Å². The molecule has 1 N–H and O–H groups in total. The summed E-state index contributed by atoms with van der Waals surface area (Å²) in [6.45, 7) is 4.06. The second-order valence-corrected chi connectivity index (χ2v) is 6.92. The van der Waals surface area contributed by atoms with Crippen LogP contribution in [0.3, 0.4) is 0 Å². The molecule has 0 spiro atoms. The molecule has 3 rings (SSSR count). The van der Waals surface area contributed by atoms with Crippen molar-refractivity contribution in [3.8, 4) is 5.75 Å². The molecule has 2 amide bonds. The number of likely N-dealkylation sites (tertiary alicyclic amines) is 1. The number of aromatic nitrogens is 2. The molecule has 0 radical (unpaired) electrons. The lowest BCUT2D eigenvalue weighted by Gasteiger charge is -2.17. The van der Waals surface area contributed by atoms with Gasteiger partial charge in [-0.05, 0) is 18.6 Å². The number of rotatable bonds is 6. The highest BCUT2D eigenvalue weighted by atomic mass is 32.1. The molecule has 1 aliphatic rings. The number of carbonyl (C=O) groups excluding carboxylic acids is 1. The summed E-state index contributed by atoms with van der Waals surface area (Å²) < 4.78 is 5.85. The number of amides is 2. The first-order valence-electron chi connectivity index (χ1n) is 8.27. The number of carbonyl (C=O) groups is 1. The summed E-state index contributed by atoms with van der Waals surface area (Å²) in [6.07, 6.45) is 7.99. The van der Waals surface area contributed by atoms with Crippen molar-refractivity contribution in [2.24, 2.45) is 0 Å². The largest absolute Gasteiger partial charge is 0.487 e. The van der Waals surface area contributed by atoms with E-state index in [1.807, 2.05) is 18.3 Å². The van der Waals surface area contributed by atoms with Crippen molar-refractivity contribution in [2.75, 3.05) is 19.6 Å². The Morgan fingerprint density at radius 3 is 3.17 bits per heavy atom. The van der Waals surface area contributed by atoms with Gasteiger partial charge in [0.05, 0.1) is 17.7 Å². The minimum atomic E-state index is -0.0282. The minimum absolute atomic E-state index is 0.0282. The molecule has 128 valence electrons. The fourth-order valence-corrected chi connectivity index (χ4v) is 3.50. The number of nitrogens with zero attached hydrogens (tertiary/aromatic N) is 3. The number of thiazole rings is 1. The second kappa shape index (κ2) is 8.10. The summed E-state index contributed by atoms with van der Waals surface area (Å²) in [5, 5.41) is 4.05. The van der Waals surface area contributed by atoms with Crippen LogP contribution in [0.5, 0.6) is 5.75 Å². The quantitative estimate of drug-likeness (QED) is 0.873. The average Bonchev–Trinajstić information content (AvgIpc) is 3.25. The molecule has 0 aliphatic carbocycles. The van der Waals surface area contributed by atoms with Crippen molar-refractivity contribution in [1.29, 1.82) is 0 Å². The predicted molar refractivity (Wildman–Crippen MR) is 93.4 cm³/mol. The van der Waals surface area contributed by atoms with E-state index in [9.17, 15) is 4.79 Å². The maximum absolute atomic E-state index is 12.2. The van der Waals surface area contributed by atoms with Gasteiger partial charge in [-0.3, -0.25) is 4.98 Å². The van der Waals surface area contributed by atoms with Crippen molar-refractivity contribution >= 4 is 17.4 Å². The Morgan fingerprint density at radius 1 is 1.50 bits per heavy atom. The molecule has 0 saturated carbocycles. The number of pyridine rings is 1. The van der Waals surface area contributed by atoms with E-state index in [-0.39, 0.29) is 12.1 Å². The molecule has 1 aliphatic heterocycles. The molecule has 2 aromatic rings. The first kappa shape index (κ1) is 16.7. The van der Waals surface area contributed by atoms with Crippen LogP contribution in [0, 0.1) is 0 Å². The third kappa shape index (κ3) is 4.44. The maximum Gasteiger partial charge on any atom is 0.317 e. The summed E-state index contributed by atoms with van der Waals surface area (Å²) in [5.41, 5.74) is 0.